The summed E-state index contributed by atoms with van der Waals surface area (Å²) in [5, 5.41) is 14.4. The molecule has 8 nitrogen and oxygen atoms in total. The summed E-state index contributed by atoms with van der Waals surface area (Å²) in [6.07, 6.45) is 2.34. The smallest absolute Gasteiger partial charge is 0.339 e. The van der Waals surface area contributed by atoms with Gasteiger partial charge in [-0.2, -0.15) is 0 Å². The normalized spacial score (nSPS) is 10.8. The van der Waals surface area contributed by atoms with Gasteiger partial charge in [0.25, 0.3) is 5.91 Å². The lowest BCUT2D eigenvalue weighted by molar-refractivity contribution is -0.117. The van der Waals surface area contributed by atoms with Crippen LogP contribution in [0.25, 0.3) is 0 Å². The highest BCUT2D eigenvalue weighted by molar-refractivity contribution is 6.01. The molecule has 0 radical (unpaired) electrons. The van der Waals surface area contributed by atoms with E-state index < -0.39 is 17.4 Å². The van der Waals surface area contributed by atoms with Crippen molar-refractivity contribution in [3.05, 3.63) is 53.9 Å². The van der Waals surface area contributed by atoms with Gasteiger partial charge in [0.2, 0.25) is 5.91 Å². The highest BCUT2D eigenvalue weighted by atomic mass is 16.4. The van der Waals surface area contributed by atoms with Crippen molar-refractivity contribution in [2.24, 2.45) is 0 Å². The first-order chi connectivity index (χ1) is 12.2. The molecule has 0 aliphatic heterocycles. The summed E-state index contributed by atoms with van der Waals surface area (Å²) < 4.78 is 0. The minimum Gasteiger partial charge on any atom is -0.478 e. The Morgan fingerprint density at radius 2 is 1.81 bits per heavy atom. The number of carbonyl (C=O) groups excluding carboxylic acids is 2. The lowest BCUT2D eigenvalue weighted by Gasteiger charge is -2.26. The number of benzene rings is 1. The van der Waals surface area contributed by atoms with E-state index in [1.807, 2.05) is 0 Å². The molecule has 2 aromatic rings. The molecule has 0 saturated heterocycles. The molecule has 1 heterocycles. The van der Waals surface area contributed by atoms with Crippen molar-refractivity contribution in [1.82, 2.24) is 10.3 Å². The van der Waals surface area contributed by atoms with E-state index in [4.69, 9.17) is 10.8 Å². The van der Waals surface area contributed by atoms with E-state index in [1.54, 1.807) is 44.2 Å². The summed E-state index contributed by atoms with van der Waals surface area (Å²) in [5.74, 6) is -1.96. The molecule has 0 fully saturated rings. The third kappa shape index (κ3) is 4.79. The van der Waals surface area contributed by atoms with Gasteiger partial charge in [-0.1, -0.05) is 18.2 Å². The van der Waals surface area contributed by atoms with Gasteiger partial charge in [0.1, 0.15) is 5.56 Å². The topological polar surface area (TPSA) is 134 Å². The Morgan fingerprint density at radius 3 is 2.42 bits per heavy atom. The molecular formula is C18H20N4O4. The number of nitrogens with one attached hydrogen (secondary N) is 2. The Kier molecular flexibility index (Phi) is 5.56. The van der Waals surface area contributed by atoms with Gasteiger partial charge in [0, 0.05) is 23.7 Å². The van der Waals surface area contributed by atoms with Crippen LogP contribution < -0.4 is 16.4 Å². The first kappa shape index (κ1) is 18.9. The molecular weight excluding hydrogens is 336 g/mol. The van der Waals surface area contributed by atoms with E-state index in [2.05, 4.69) is 15.6 Å². The fourth-order valence-corrected chi connectivity index (χ4v) is 2.35. The van der Waals surface area contributed by atoms with Crippen LogP contribution in [0.5, 0.6) is 0 Å². The van der Waals surface area contributed by atoms with Crippen molar-refractivity contribution in [2.45, 2.75) is 25.8 Å². The van der Waals surface area contributed by atoms with Crippen LogP contribution >= 0.6 is 0 Å². The fourth-order valence-electron chi connectivity index (χ4n) is 2.35. The predicted octanol–water partition coefficient (Wildman–Crippen LogP) is 1.90. The monoisotopic (exact) mass is 356 g/mol. The van der Waals surface area contributed by atoms with Crippen LogP contribution in [-0.4, -0.2) is 33.4 Å². The average Bonchev–Trinajstić information content (AvgIpc) is 2.56. The van der Waals surface area contributed by atoms with Crippen molar-refractivity contribution in [3.63, 3.8) is 0 Å². The maximum Gasteiger partial charge on any atom is 0.339 e. The second-order valence-electron chi connectivity index (χ2n) is 6.38. The van der Waals surface area contributed by atoms with Gasteiger partial charge in [-0.15, -0.1) is 0 Å². The van der Waals surface area contributed by atoms with Crippen molar-refractivity contribution < 1.29 is 19.5 Å². The number of carboxylic acid groups (broad SMARTS) is 1. The summed E-state index contributed by atoms with van der Waals surface area (Å²) in [6.45, 7) is 3.42. The van der Waals surface area contributed by atoms with E-state index in [0.717, 1.165) is 6.20 Å². The van der Waals surface area contributed by atoms with Crippen LogP contribution in [-0.2, 0) is 4.79 Å². The number of aromatic nitrogens is 1. The largest absolute Gasteiger partial charge is 0.478 e. The van der Waals surface area contributed by atoms with Gasteiger partial charge in [0.15, 0.2) is 0 Å². The Balaban J connectivity index is 2.03. The van der Waals surface area contributed by atoms with E-state index in [0.29, 0.717) is 5.56 Å². The van der Waals surface area contributed by atoms with E-state index in [1.165, 1.54) is 6.20 Å². The van der Waals surface area contributed by atoms with Crippen molar-refractivity contribution in [2.75, 3.05) is 11.1 Å². The van der Waals surface area contributed by atoms with Crippen LogP contribution in [0.15, 0.2) is 42.7 Å². The highest BCUT2D eigenvalue weighted by Crippen LogP contribution is 2.22. The number of rotatable bonds is 6. The number of nitrogens with two attached hydrogens (primary N) is 1. The number of hydrogen-bond donors (Lipinski definition) is 4. The zero-order chi connectivity index (χ0) is 19.3. The SMILES string of the molecule is CC(C)(CC(=O)Nc1cncc(C(=O)O)c1N)NC(=O)c1ccccc1. The number of carboxylic acids is 1. The van der Waals surface area contributed by atoms with Crippen LogP contribution in [0.3, 0.4) is 0 Å². The summed E-state index contributed by atoms with van der Waals surface area (Å²) in [7, 11) is 0. The van der Waals surface area contributed by atoms with Gasteiger partial charge >= 0.3 is 5.97 Å². The Labute approximate surface area is 150 Å². The number of hydrogen-bond acceptors (Lipinski definition) is 5. The number of carbonyl (C=O) groups is 3. The predicted molar refractivity (Wildman–Crippen MR) is 96.8 cm³/mol. The van der Waals surface area contributed by atoms with Gasteiger partial charge < -0.3 is 21.5 Å². The first-order valence-corrected chi connectivity index (χ1v) is 7.84. The van der Waals surface area contributed by atoms with E-state index in [9.17, 15) is 14.4 Å². The Hall–Kier alpha value is -3.42. The van der Waals surface area contributed by atoms with Crippen molar-refractivity contribution in [1.29, 1.82) is 0 Å². The number of nitrogen functional groups attached to an aromatic ring is 1. The third-order valence-electron chi connectivity index (χ3n) is 3.58. The molecule has 0 aliphatic carbocycles. The van der Waals surface area contributed by atoms with Gasteiger partial charge in [-0.3, -0.25) is 14.6 Å². The zero-order valence-electron chi connectivity index (χ0n) is 14.4. The highest BCUT2D eigenvalue weighted by Gasteiger charge is 2.25. The number of pyridine rings is 1. The maximum absolute atomic E-state index is 12.3. The molecule has 0 atom stereocenters. The maximum atomic E-state index is 12.3. The average molecular weight is 356 g/mol. The molecule has 8 heteroatoms. The summed E-state index contributed by atoms with van der Waals surface area (Å²) >= 11 is 0. The first-order valence-electron chi connectivity index (χ1n) is 7.84. The molecule has 0 bridgehead atoms. The molecule has 2 rings (SSSR count). The number of nitrogens with zero attached hydrogens (tertiary/aromatic N) is 1. The van der Waals surface area contributed by atoms with Gasteiger partial charge in [0.05, 0.1) is 17.6 Å². The lowest BCUT2D eigenvalue weighted by Crippen LogP contribution is -2.45. The van der Waals surface area contributed by atoms with Crippen LogP contribution in [0.4, 0.5) is 11.4 Å². The lowest BCUT2D eigenvalue weighted by atomic mass is 9.99. The summed E-state index contributed by atoms with van der Waals surface area (Å²) in [4.78, 5) is 39.3. The quantitative estimate of drug-likeness (QED) is 0.624. The molecule has 0 unspecified atom stereocenters. The number of aromatic carboxylic acids is 1. The molecule has 5 N–H and O–H groups in total. The molecule has 0 spiro atoms. The molecule has 0 aliphatic rings. The van der Waals surface area contributed by atoms with Crippen LogP contribution in [0.1, 0.15) is 41.0 Å². The van der Waals surface area contributed by atoms with E-state index >= 15 is 0 Å². The molecule has 0 saturated carbocycles. The van der Waals surface area contributed by atoms with Crippen LogP contribution in [0, 0.1) is 0 Å². The summed E-state index contributed by atoms with van der Waals surface area (Å²) in [5.41, 5.74) is 5.25. The standard InChI is InChI=1S/C18H20N4O4/c1-18(2,22-16(24)11-6-4-3-5-7-11)8-14(23)21-13-10-20-9-12(15(13)19)17(25)26/h3-7,9-10H,8H2,1-2H3,(H2,19,20)(H,21,23)(H,22,24)(H,25,26). The third-order valence-corrected chi connectivity index (χ3v) is 3.58. The van der Waals surface area contributed by atoms with Crippen LogP contribution in [0.2, 0.25) is 0 Å². The number of anilines is 2. The van der Waals surface area contributed by atoms with Gasteiger partial charge in [-0.05, 0) is 26.0 Å². The Bertz CT molecular complexity index is 834. The summed E-state index contributed by atoms with van der Waals surface area (Å²) in [6, 6.07) is 8.66. The minimum atomic E-state index is -1.23. The van der Waals surface area contributed by atoms with Crippen molar-refractivity contribution in [3.8, 4) is 0 Å². The van der Waals surface area contributed by atoms with Gasteiger partial charge in [-0.25, -0.2) is 4.79 Å². The minimum absolute atomic E-state index is 0.0394. The second-order valence-corrected chi connectivity index (χ2v) is 6.38. The Morgan fingerprint density at radius 1 is 1.15 bits per heavy atom. The fraction of sp³-hybridized carbons (Fsp3) is 0.222. The molecule has 26 heavy (non-hydrogen) atoms. The van der Waals surface area contributed by atoms with E-state index in [-0.39, 0.29) is 29.3 Å². The molecule has 2 amide bonds. The number of amides is 2. The second kappa shape index (κ2) is 7.64. The zero-order valence-corrected chi connectivity index (χ0v) is 14.4. The van der Waals surface area contributed by atoms with Crippen molar-refractivity contribution >= 4 is 29.2 Å². The molecule has 136 valence electrons. The molecule has 1 aromatic carbocycles. The molecule has 1 aromatic heterocycles.